The van der Waals surface area contributed by atoms with Gasteiger partial charge in [0.2, 0.25) is 0 Å². The van der Waals surface area contributed by atoms with E-state index in [0.29, 0.717) is 5.56 Å². The molecule has 0 amide bonds. The first-order chi connectivity index (χ1) is 11.3. The first kappa shape index (κ1) is 15.6. The zero-order chi connectivity index (χ0) is 17.5. The summed E-state index contributed by atoms with van der Waals surface area (Å²) in [5, 5.41) is 24.2. The molecule has 0 bridgehead atoms. The van der Waals surface area contributed by atoms with E-state index in [1.807, 2.05) is 4.83 Å². The molecular weight excluding hydrogens is 338 g/mol. The van der Waals surface area contributed by atoms with Crippen LogP contribution < -0.4 is 4.83 Å². The maximum absolute atomic E-state index is 12.2. The fourth-order valence-corrected chi connectivity index (χ4v) is 3.40. The number of nitrogens with one attached hydrogen (secondary N) is 1. The molecule has 3 rings (SSSR count). The number of hydrogen-bond donors (Lipinski definition) is 2. The Balaban J connectivity index is 2.40. The fraction of sp³-hybridized carbons (Fsp3) is 0. The molecule has 9 nitrogen and oxygen atoms in total. The molecule has 24 heavy (non-hydrogen) atoms. The summed E-state index contributed by atoms with van der Waals surface area (Å²) in [6, 6.07) is 9.97. The van der Waals surface area contributed by atoms with Crippen LogP contribution in [0.3, 0.4) is 0 Å². The minimum absolute atomic E-state index is 0.0454. The van der Waals surface area contributed by atoms with Crippen LogP contribution in [0.1, 0.15) is 21.5 Å². The molecule has 1 aliphatic rings. The molecule has 0 fully saturated rings. The molecule has 122 valence electrons. The molecule has 2 aromatic carbocycles. The molecule has 0 aromatic heterocycles. The Morgan fingerprint density at radius 2 is 1.88 bits per heavy atom. The van der Waals surface area contributed by atoms with Crippen molar-refractivity contribution in [2.75, 3.05) is 0 Å². The van der Waals surface area contributed by atoms with E-state index in [1.165, 1.54) is 0 Å². The summed E-state index contributed by atoms with van der Waals surface area (Å²) in [7, 11) is -4.20. The summed E-state index contributed by atoms with van der Waals surface area (Å²) < 4.78 is 24.3. The predicted molar refractivity (Wildman–Crippen MR) is 82.5 cm³/mol. The number of nitro groups is 1. The molecule has 2 aromatic rings. The number of aromatic carboxylic acids is 1. The van der Waals surface area contributed by atoms with Gasteiger partial charge in [0.1, 0.15) is 16.2 Å². The first-order valence-electron chi connectivity index (χ1n) is 6.52. The molecule has 0 aliphatic carbocycles. The van der Waals surface area contributed by atoms with Crippen molar-refractivity contribution in [1.29, 1.82) is 0 Å². The molecule has 0 saturated carbocycles. The molecule has 0 atom stereocenters. The Bertz CT molecular complexity index is 999. The van der Waals surface area contributed by atoms with E-state index in [-0.39, 0.29) is 11.3 Å². The first-order valence-corrected chi connectivity index (χ1v) is 8.00. The molecule has 10 heteroatoms. The summed E-state index contributed by atoms with van der Waals surface area (Å²) in [5.74, 6) is -1.47. The third-order valence-corrected chi connectivity index (χ3v) is 4.61. The highest BCUT2D eigenvalue weighted by molar-refractivity contribution is 7.89. The monoisotopic (exact) mass is 347 g/mol. The number of carboxylic acids is 1. The predicted octanol–water partition coefficient (Wildman–Crippen LogP) is 1.34. The Morgan fingerprint density at radius 3 is 2.46 bits per heavy atom. The number of rotatable bonds is 3. The summed E-state index contributed by atoms with van der Waals surface area (Å²) >= 11 is 0. The topological polar surface area (TPSA) is 139 Å². The van der Waals surface area contributed by atoms with Crippen molar-refractivity contribution in [3.05, 3.63) is 69.3 Å². The van der Waals surface area contributed by atoms with Crippen LogP contribution in [0.4, 0.5) is 5.69 Å². The Kier molecular flexibility index (Phi) is 3.53. The van der Waals surface area contributed by atoms with E-state index in [1.54, 1.807) is 30.3 Å². The number of carbonyl (C=O) groups is 1. The minimum atomic E-state index is -4.20. The van der Waals surface area contributed by atoms with Crippen LogP contribution in [0, 0.1) is 10.1 Å². The fourth-order valence-electron chi connectivity index (χ4n) is 2.33. The van der Waals surface area contributed by atoms with Gasteiger partial charge in [0.05, 0.1) is 10.5 Å². The van der Waals surface area contributed by atoms with Crippen LogP contribution in [0.2, 0.25) is 0 Å². The summed E-state index contributed by atoms with van der Waals surface area (Å²) in [4.78, 5) is 23.1. The van der Waals surface area contributed by atoms with Crippen LogP contribution in [-0.4, -0.2) is 30.1 Å². The number of benzene rings is 2. The van der Waals surface area contributed by atoms with E-state index in [2.05, 4.69) is 5.10 Å². The largest absolute Gasteiger partial charge is 0.478 e. The highest BCUT2D eigenvalue weighted by Crippen LogP contribution is 2.33. The van der Waals surface area contributed by atoms with Crippen molar-refractivity contribution in [3.63, 3.8) is 0 Å². The molecule has 1 aliphatic heterocycles. The summed E-state index contributed by atoms with van der Waals surface area (Å²) in [6.07, 6.45) is 0. The lowest BCUT2D eigenvalue weighted by Crippen LogP contribution is -2.29. The molecule has 0 spiro atoms. The van der Waals surface area contributed by atoms with Crippen molar-refractivity contribution in [2.45, 2.75) is 4.90 Å². The van der Waals surface area contributed by atoms with Gasteiger partial charge in [-0.2, -0.15) is 18.4 Å². The normalized spacial score (nSPS) is 14.9. The Hall–Kier alpha value is -3.27. The van der Waals surface area contributed by atoms with E-state index in [0.717, 1.165) is 12.1 Å². The second-order valence-electron chi connectivity index (χ2n) is 4.85. The molecule has 0 saturated heterocycles. The SMILES string of the molecule is O=C(O)c1cc([N+](=O)[O-])c2c(c1)S(=O)(=O)NN=C2c1ccccc1. The smallest absolute Gasteiger partial charge is 0.335 e. The van der Waals surface area contributed by atoms with Crippen molar-refractivity contribution >= 4 is 27.4 Å². The molecule has 0 radical (unpaired) electrons. The lowest BCUT2D eigenvalue weighted by molar-refractivity contribution is -0.385. The maximum Gasteiger partial charge on any atom is 0.335 e. The zero-order valence-corrected chi connectivity index (χ0v) is 12.6. The molecule has 1 heterocycles. The van der Waals surface area contributed by atoms with E-state index < -0.39 is 37.1 Å². The zero-order valence-electron chi connectivity index (χ0n) is 11.8. The number of carboxylic acid groups (broad SMARTS) is 1. The van der Waals surface area contributed by atoms with E-state index in [9.17, 15) is 23.3 Å². The quantitative estimate of drug-likeness (QED) is 0.634. The van der Waals surface area contributed by atoms with Gasteiger partial charge in [0, 0.05) is 11.6 Å². The van der Waals surface area contributed by atoms with Gasteiger partial charge in [-0.15, -0.1) is 0 Å². The second kappa shape index (κ2) is 5.42. The third kappa shape index (κ3) is 2.48. The van der Waals surface area contributed by atoms with E-state index in [4.69, 9.17) is 5.11 Å². The standard InChI is InChI=1S/C14H9N3O6S/c18-14(19)9-6-10(17(20)21)12-11(7-9)24(22,23)16-15-13(12)8-4-2-1-3-5-8/h1-7,16H,(H,18,19). The Morgan fingerprint density at radius 1 is 1.21 bits per heavy atom. The van der Waals surface area contributed by atoms with Crippen LogP contribution in [0.5, 0.6) is 0 Å². The van der Waals surface area contributed by atoms with Crippen molar-refractivity contribution in [2.24, 2.45) is 5.10 Å². The second-order valence-corrected chi connectivity index (χ2v) is 6.48. The van der Waals surface area contributed by atoms with Crippen molar-refractivity contribution in [1.82, 2.24) is 4.83 Å². The molecule has 2 N–H and O–H groups in total. The van der Waals surface area contributed by atoms with Gasteiger partial charge >= 0.3 is 5.97 Å². The molecular formula is C14H9N3O6S. The summed E-state index contributed by atoms with van der Waals surface area (Å²) in [5.41, 5.74) is -0.885. The van der Waals surface area contributed by atoms with Crippen LogP contribution in [-0.2, 0) is 10.0 Å². The Labute approximate surface area is 135 Å². The van der Waals surface area contributed by atoms with Gasteiger partial charge in [-0.1, -0.05) is 30.3 Å². The van der Waals surface area contributed by atoms with Crippen LogP contribution >= 0.6 is 0 Å². The summed E-state index contributed by atoms with van der Waals surface area (Å²) in [6.45, 7) is 0. The van der Waals surface area contributed by atoms with Gasteiger partial charge in [0.25, 0.3) is 15.7 Å². The number of nitrogens with zero attached hydrogens (tertiary/aromatic N) is 2. The highest BCUT2D eigenvalue weighted by atomic mass is 32.2. The minimum Gasteiger partial charge on any atom is -0.478 e. The van der Waals surface area contributed by atoms with Gasteiger partial charge in [0.15, 0.2) is 0 Å². The van der Waals surface area contributed by atoms with Gasteiger partial charge in [-0.25, -0.2) is 4.79 Å². The average molecular weight is 347 g/mol. The lowest BCUT2D eigenvalue weighted by Gasteiger charge is -2.18. The van der Waals surface area contributed by atoms with E-state index >= 15 is 0 Å². The number of fused-ring (bicyclic) bond motifs is 1. The van der Waals surface area contributed by atoms with Gasteiger partial charge < -0.3 is 5.11 Å². The van der Waals surface area contributed by atoms with Crippen molar-refractivity contribution in [3.8, 4) is 0 Å². The van der Waals surface area contributed by atoms with Gasteiger partial charge in [-0.05, 0) is 6.07 Å². The van der Waals surface area contributed by atoms with Gasteiger partial charge in [-0.3, -0.25) is 10.1 Å². The third-order valence-electron chi connectivity index (χ3n) is 3.38. The van der Waals surface area contributed by atoms with Crippen LogP contribution in [0.25, 0.3) is 0 Å². The number of nitro benzene ring substituents is 1. The average Bonchev–Trinajstić information content (AvgIpc) is 2.54. The molecule has 0 unspecified atom stereocenters. The number of hydrazone groups is 1. The van der Waals surface area contributed by atoms with Crippen molar-refractivity contribution < 1.29 is 23.2 Å². The maximum atomic E-state index is 12.2. The highest BCUT2D eigenvalue weighted by Gasteiger charge is 2.35. The van der Waals surface area contributed by atoms with Crippen LogP contribution in [0.15, 0.2) is 52.5 Å². The lowest BCUT2D eigenvalue weighted by atomic mass is 9.99. The number of sulfonamides is 1. The number of hydrogen-bond acceptors (Lipinski definition) is 6.